The number of halogens is 1. The molecule has 3 unspecified atom stereocenters. The molecule has 1 aliphatic carbocycles. The fraction of sp³-hybridized carbons (Fsp3) is 0.538. The van der Waals surface area contributed by atoms with Gasteiger partial charge < -0.3 is 5.11 Å². The lowest BCUT2D eigenvalue weighted by Gasteiger charge is -2.14. The second kappa shape index (κ2) is 3.80. The molecular weight excluding hydrogens is 208 g/mol. The van der Waals surface area contributed by atoms with Crippen LogP contribution >= 0.6 is 11.6 Å². The van der Waals surface area contributed by atoms with Crippen molar-refractivity contribution in [3.05, 3.63) is 33.8 Å². The Hall–Kier alpha value is -0.530. The molecule has 0 spiro atoms. The molecule has 82 valence electrons. The van der Waals surface area contributed by atoms with Crippen LogP contribution in [0.2, 0.25) is 5.02 Å². The molecule has 2 heteroatoms. The minimum atomic E-state index is -0.383. The molecule has 0 aliphatic heterocycles. The number of aliphatic hydroxyl groups excluding tert-OH is 1. The Labute approximate surface area is 96.1 Å². The molecule has 1 aliphatic rings. The van der Waals surface area contributed by atoms with E-state index in [1.807, 2.05) is 19.1 Å². The summed E-state index contributed by atoms with van der Waals surface area (Å²) < 4.78 is 0. The average Bonchev–Trinajstić information content (AvgIpc) is 2.88. The van der Waals surface area contributed by atoms with Crippen LogP contribution < -0.4 is 0 Å². The SMILES string of the molecule is Cc1cc(Cl)c(C(O)C2CC2C)cc1C. The minimum absolute atomic E-state index is 0.383. The number of hydrogen-bond acceptors (Lipinski definition) is 1. The number of benzene rings is 1. The van der Waals surface area contributed by atoms with E-state index >= 15 is 0 Å². The molecule has 2 rings (SSSR count). The highest BCUT2D eigenvalue weighted by molar-refractivity contribution is 6.31. The van der Waals surface area contributed by atoms with Crippen molar-refractivity contribution in [2.24, 2.45) is 11.8 Å². The molecule has 0 aromatic heterocycles. The first-order valence-corrected chi connectivity index (χ1v) is 5.83. The summed E-state index contributed by atoms with van der Waals surface area (Å²) in [4.78, 5) is 0. The summed E-state index contributed by atoms with van der Waals surface area (Å²) >= 11 is 6.16. The zero-order valence-corrected chi connectivity index (χ0v) is 10.2. The Morgan fingerprint density at radius 2 is 1.87 bits per heavy atom. The van der Waals surface area contributed by atoms with Crippen molar-refractivity contribution in [1.29, 1.82) is 0 Å². The zero-order valence-electron chi connectivity index (χ0n) is 9.42. The highest BCUT2D eigenvalue weighted by atomic mass is 35.5. The van der Waals surface area contributed by atoms with Crippen LogP contribution in [0.4, 0.5) is 0 Å². The summed E-state index contributed by atoms with van der Waals surface area (Å²) in [6.45, 7) is 6.26. The summed E-state index contributed by atoms with van der Waals surface area (Å²) in [5.74, 6) is 1.04. The van der Waals surface area contributed by atoms with Crippen molar-refractivity contribution in [3.8, 4) is 0 Å². The van der Waals surface area contributed by atoms with Gasteiger partial charge in [-0.1, -0.05) is 24.6 Å². The Kier molecular flexibility index (Phi) is 2.78. The molecule has 1 aromatic carbocycles. The molecule has 0 saturated heterocycles. The van der Waals surface area contributed by atoms with Gasteiger partial charge in [0.2, 0.25) is 0 Å². The average molecular weight is 225 g/mol. The van der Waals surface area contributed by atoms with Gasteiger partial charge in [-0.25, -0.2) is 0 Å². The summed E-state index contributed by atoms with van der Waals surface area (Å²) in [5, 5.41) is 10.8. The Morgan fingerprint density at radius 1 is 1.33 bits per heavy atom. The lowest BCUT2D eigenvalue weighted by Crippen LogP contribution is -2.03. The first kappa shape index (κ1) is 11.0. The van der Waals surface area contributed by atoms with Gasteiger partial charge in [-0.05, 0) is 54.9 Å². The van der Waals surface area contributed by atoms with Crippen LogP contribution in [-0.4, -0.2) is 5.11 Å². The van der Waals surface area contributed by atoms with Crippen LogP contribution in [0.25, 0.3) is 0 Å². The number of aliphatic hydroxyl groups is 1. The maximum Gasteiger partial charge on any atom is 0.0835 e. The molecule has 1 aromatic rings. The van der Waals surface area contributed by atoms with Gasteiger partial charge >= 0.3 is 0 Å². The van der Waals surface area contributed by atoms with Crippen LogP contribution in [0.3, 0.4) is 0 Å². The Balaban J connectivity index is 2.31. The van der Waals surface area contributed by atoms with Crippen molar-refractivity contribution in [2.75, 3.05) is 0 Å². The Morgan fingerprint density at radius 3 is 2.40 bits per heavy atom. The summed E-state index contributed by atoms with van der Waals surface area (Å²) in [5.41, 5.74) is 3.27. The van der Waals surface area contributed by atoms with Crippen molar-refractivity contribution >= 4 is 11.6 Å². The van der Waals surface area contributed by atoms with Crippen molar-refractivity contribution in [3.63, 3.8) is 0 Å². The third kappa shape index (κ3) is 2.04. The first-order valence-electron chi connectivity index (χ1n) is 5.45. The second-order valence-electron chi connectivity index (χ2n) is 4.78. The first-order chi connectivity index (χ1) is 7.00. The summed E-state index contributed by atoms with van der Waals surface area (Å²) in [7, 11) is 0. The second-order valence-corrected chi connectivity index (χ2v) is 5.19. The molecule has 1 fully saturated rings. The largest absolute Gasteiger partial charge is 0.388 e. The molecule has 0 amide bonds. The fourth-order valence-corrected chi connectivity index (χ4v) is 2.38. The maximum absolute atomic E-state index is 10.1. The third-order valence-electron chi connectivity index (χ3n) is 3.51. The summed E-state index contributed by atoms with van der Waals surface area (Å²) in [6.07, 6.45) is 0.733. The van der Waals surface area contributed by atoms with Crippen LogP contribution in [0.1, 0.15) is 36.1 Å². The molecule has 15 heavy (non-hydrogen) atoms. The van der Waals surface area contributed by atoms with Crippen LogP contribution in [0.15, 0.2) is 12.1 Å². The number of hydrogen-bond donors (Lipinski definition) is 1. The standard InChI is InChI=1S/C13H17ClO/c1-7-4-11(12(14)6-8(7)2)13(15)10-5-9(10)3/h4,6,9-10,13,15H,5H2,1-3H3. The quantitative estimate of drug-likeness (QED) is 0.813. The predicted octanol–water partition coefficient (Wildman–Crippen LogP) is 3.65. The predicted molar refractivity (Wildman–Crippen MR) is 63.2 cm³/mol. The Bertz CT molecular complexity index is 386. The molecule has 0 heterocycles. The van der Waals surface area contributed by atoms with Gasteiger partial charge in [-0.3, -0.25) is 0 Å². The van der Waals surface area contributed by atoms with Gasteiger partial charge in [0.25, 0.3) is 0 Å². The lowest BCUT2D eigenvalue weighted by atomic mass is 9.99. The molecule has 3 atom stereocenters. The molecular formula is C13H17ClO. The van der Waals surface area contributed by atoms with Crippen molar-refractivity contribution in [1.82, 2.24) is 0 Å². The van der Waals surface area contributed by atoms with E-state index in [4.69, 9.17) is 11.6 Å². The van der Waals surface area contributed by atoms with Gasteiger partial charge in [0.1, 0.15) is 0 Å². The topological polar surface area (TPSA) is 20.2 Å². The van der Waals surface area contributed by atoms with E-state index in [0.717, 1.165) is 12.0 Å². The van der Waals surface area contributed by atoms with E-state index in [0.29, 0.717) is 16.9 Å². The molecule has 1 nitrogen and oxygen atoms in total. The monoisotopic (exact) mass is 224 g/mol. The van der Waals surface area contributed by atoms with Gasteiger partial charge in [-0.15, -0.1) is 0 Å². The van der Waals surface area contributed by atoms with Crippen LogP contribution in [-0.2, 0) is 0 Å². The van der Waals surface area contributed by atoms with E-state index in [-0.39, 0.29) is 6.10 Å². The molecule has 1 saturated carbocycles. The molecule has 0 bridgehead atoms. The van der Waals surface area contributed by atoms with E-state index in [1.165, 1.54) is 11.1 Å². The fourth-order valence-electron chi connectivity index (χ4n) is 2.05. The van der Waals surface area contributed by atoms with Gasteiger partial charge in [-0.2, -0.15) is 0 Å². The van der Waals surface area contributed by atoms with Crippen molar-refractivity contribution < 1.29 is 5.11 Å². The van der Waals surface area contributed by atoms with Gasteiger partial charge in [0.05, 0.1) is 6.10 Å². The highest BCUT2D eigenvalue weighted by Crippen LogP contribution is 2.48. The van der Waals surface area contributed by atoms with Gasteiger partial charge in [0.15, 0.2) is 0 Å². The van der Waals surface area contributed by atoms with E-state index < -0.39 is 0 Å². The van der Waals surface area contributed by atoms with Crippen LogP contribution in [0.5, 0.6) is 0 Å². The summed E-state index contributed by atoms with van der Waals surface area (Å²) in [6, 6.07) is 3.97. The number of rotatable bonds is 2. The third-order valence-corrected chi connectivity index (χ3v) is 3.84. The highest BCUT2D eigenvalue weighted by Gasteiger charge is 2.40. The lowest BCUT2D eigenvalue weighted by molar-refractivity contribution is 0.148. The van der Waals surface area contributed by atoms with E-state index in [2.05, 4.69) is 13.8 Å². The van der Waals surface area contributed by atoms with Crippen molar-refractivity contribution in [2.45, 2.75) is 33.3 Å². The molecule has 1 N–H and O–H groups in total. The van der Waals surface area contributed by atoms with E-state index in [9.17, 15) is 5.11 Å². The maximum atomic E-state index is 10.1. The minimum Gasteiger partial charge on any atom is -0.388 e. The van der Waals surface area contributed by atoms with Crippen LogP contribution in [0, 0.1) is 25.7 Å². The normalized spacial score (nSPS) is 26.5. The van der Waals surface area contributed by atoms with E-state index in [1.54, 1.807) is 0 Å². The van der Waals surface area contributed by atoms with Gasteiger partial charge in [0, 0.05) is 5.02 Å². The zero-order chi connectivity index (χ0) is 11.2. The molecule has 0 radical (unpaired) electrons. The smallest absolute Gasteiger partial charge is 0.0835 e. The number of aryl methyl sites for hydroxylation is 2.